The van der Waals surface area contributed by atoms with E-state index in [1.54, 1.807) is 32.9 Å². The molecule has 0 aliphatic carbocycles. The molecule has 0 bridgehead atoms. The van der Waals surface area contributed by atoms with E-state index in [9.17, 15) is 9.59 Å². The number of ether oxygens (including phenoxy) is 1. The minimum atomic E-state index is -0.787. The Labute approximate surface area is 127 Å². The van der Waals surface area contributed by atoms with Crippen LogP contribution in [0, 0.1) is 5.41 Å². The molecule has 0 spiro atoms. The number of nitrogens with one attached hydrogen (secondary N) is 1. The first-order chi connectivity index (χ1) is 9.22. The lowest BCUT2D eigenvalue weighted by molar-refractivity contribution is -0.129. The first-order valence-corrected chi connectivity index (χ1v) is 7.01. The zero-order valence-electron chi connectivity index (χ0n) is 11.8. The highest BCUT2D eigenvalue weighted by Gasteiger charge is 2.26. The average molecular weight is 343 g/mol. The van der Waals surface area contributed by atoms with Gasteiger partial charge < -0.3 is 15.8 Å². The molecule has 0 saturated carbocycles. The number of carbonyl (C=O) groups is 2. The molecule has 110 valence electrons. The maximum absolute atomic E-state index is 11.9. The van der Waals surface area contributed by atoms with Crippen molar-refractivity contribution in [3.63, 3.8) is 0 Å². The summed E-state index contributed by atoms with van der Waals surface area (Å²) in [4.78, 5) is 23.1. The molecule has 0 saturated heterocycles. The van der Waals surface area contributed by atoms with E-state index in [0.29, 0.717) is 5.75 Å². The molecule has 1 aromatic carbocycles. The number of primary amides is 1. The lowest BCUT2D eigenvalue weighted by Crippen LogP contribution is -2.45. The first kappa shape index (κ1) is 16.5. The van der Waals surface area contributed by atoms with Gasteiger partial charge in [-0.05, 0) is 39.0 Å². The second-order valence-electron chi connectivity index (χ2n) is 5.18. The number of halogens is 1. The first-order valence-electron chi connectivity index (χ1n) is 6.22. The van der Waals surface area contributed by atoms with E-state index in [1.807, 2.05) is 12.1 Å². The fourth-order valence-electron chi connectivity index (χ4n) is 1.34. The molecule has 1 atom stereocenters. The largest absolute Gasteiger partial charge is 0.481 e. The van der Waals surface area contributed by atoms with Gasteiger partial charge in [-0.1, -0.05) is 22.0 Å². The third-order valence-corrected chi connectivity index (χ3v) is 3.34. The van der Waals surface area contributed by atoms with Crippen molar-refractivity contribution in [2.75, 3.05) is 6.54 Å². The van der Waals surface area contributed by atoms with Crippen LogP contribution >= 0.6 is 15.9 Å². The summed E-state index contributed by atoms with van der Waals surface area (Å²) in [6, 6.07) is 7.23. The monoisotopic (exact) mass is 342 g/mol. The van der Waals surface area contributed by atoms with Crippen LogP contribution in [0.5, 0.6) is 5.75 Å². The highest BCUT2D eigenvalue weighted by Crippen LogP contribution is 2.19. The van der Waals surface area contributed by atoms with Crippen molar-refractivity contribution in [2.24, 2.45) is 11.1 Å². The van der Waals surface area contributed by atoms with E-state index in [2.05, 4.69) is 21.2 Å². The maximum Gasteiger partial charge on any atom is 0.260 e. The molecular weight excluding hydrogens is 324 g/mol. The van der Waals surface area contributed by atoms with Crippen LogP contribution in [-0.4, -0.2) is 24.5 Å². The predicted octanol–water partition coefficient (Wildman–Crippen LogP) is 1.84. The number of hydrogen-bond donors (Lipinski definition) is 2. The molecule has 0 radical (unpaired) electrons. The van der Waals surface area contributed by atoms with Gasteiger partial charge in [0.2, 0.25) is 5.91 Å². The highest BCUT2D eigenvalue weighted by molar-refractivity contribution is 9.10. The Bertz CT molecular complexity index is 503. The van der Waals surface area contributed by atoms with Gasteiger partial charge in [-0.2, -0.15) is 0 Å². The average Bonchev–Trinajstić information content (AvgIpc) is 2.35. The standard InChI is InChI=1S/C14H19BrN2O3/c1-9(20-11-6-4-5-10(15)7-11)12(18)17-8-14(2,3)13(16)19/h4-7,9H,8H2,1-3H3,(H2,16,19)(H,17,18)/t9-/m1/s1. The van der Waals surface area contributed by atoms with E-state index in [1.165, 1.54) is 0 Å². The van der Waals surface area contributed by atoms with Crippen LogP contribution in [0.25, 0.3) is 0 Å². The van der Waals surface area contributed by atoms with E-state index in [4.69, 9.17) is 10.5 Å². The fraction of sp³-hybridized carbons (Fsp3) is 0.429. The second kappa shape index (κ2) is 6.74. The topological polar surface area (TPSA) is 81.4 Å². The van der Waals surface area contributed by atoms with Gasteiger partial charge in [0.25, 0.3) is 5.91 Å². The molecule has 0 aliphatic heterocycles. The zero-order valence-corrected chi connectivity index (χ0v) is 13.4. The van der Waals surface area contributed by atoms with Crippen LogP contribution in [-0.2, 0) is 9.59 Å². The number of rotatable bonds is 6. The van der Waals surface area contributed by atoms with E-state index in [0.717, 1.165) is 4.47 Å². The van der Waals surface area contributed by atoms with Crippen molar-refractivity contribution in [2.45, 2.75) is 26.9 Å². The van der Waals surface area contributed by atoms with Crippen LogP contribution in [0.1, 0.15) is 20.8 Å². The Morgan fingerprint density at radius 3 is 2.65 bits per heavy atom. The van der Waals surface area contributed by atoms with Crippen LogP contribution in [0.2, 0.25) is 0 Å². The SMILES string of the molecule is C[C@@H](Oc1cccc(Br)c1)C(=O)NCC(C)(C)C(N)=O. The molecule has 3 N–H and O–H groups in total. The summed E-state index contributed by atoms with van der Waals surface area (Å²) in [5.41, 5.74) is 4.46. The van der Waals surface area contributed by atoms with Crippen molar-refractivity contribution in [3.8, 4) is 5.75 Å². The van der Waals surface area contributed by atoms with Gasteiger partial charge in [-0.25, -0.2) is 0 Å². The van der Waals surface area contributed by atoms with Crippen LogP contribution in [0.4, 0.5) is 0 Å². The van der Waals surface area contributed by atoms with Gasteiger partial charge in [-0.15, -0.1) is 0 Å². The minimum Gasteiger partial charge on any atom is -0.481 e. The molecule has 0 unspecified atom stereocenters. The van der Waals surface area contributed by atoms with Crippen molar-refractivity contribution in [1.29, 1.82) is 0 Å². The number of hydrogen-bond acceptors (Lipinski definition) is 3. The number of carbonyl (C=O) groups excluding carboxylic acids is 2. The summed E-state index contributed by atoms with van der Waals surface area (Å²) in [5, 5.41) is 2.66. The third kappa shape index (κ3) is 4.85. The molecule has 1 aromatic rings. The van der Waals surface area contributed by atoms with Gasteiger partial charge in [0, 0.05) is 11.0 Å². The fourth-order valence-corrected chi connectivity index (χ4v) is 1.72. The molecule has 20 heavy (non-hydrogen) atoms. The van der Waals surface area contributed by atoms with Crippen molar-refractivity contribution in [3.05, 3.63) is 28.7 Å². The quantitative estimate of drug-likeness (QED) is 0.827. The maximum atomic E-state index is 11.9. The summed E-state index contributed by atoms with van der Waals surface area (Å²) in [5.74, 6) is -0.158. The minimum absolute atomic E-state index is 0.174. The molecule has 1 rings (SSSR count). The van der Waals surface area contributed by atoms with Gasteiger partial charge >= 0.3 is 0 Å². The Morgan fingerprint density at radius 1 is 1.45 bits per heavy atom. The van der Waals surface area contributed by atoms with Gasteiger partial charge in [0.1, 0.15) is 5.75 Å². The molecule has 2 amide bonds. The zero-order chi connectivity index (χ0) is 15.3. The Kier molecular flexibility index (Phi) is 5.56. The molecule has 5 nitrogen and oxygen atoms in total. The number of amides is 2. The van der Waals surface area contributed by atoms with E-state index >= 15 is 0 Å². The summed E-state index contributed by atoms with van der Waals surface area (Å²) in [7, 11) is 0. The molecular formula is C14H19BrN2O3. The summed E-state index contributed by atoms with van der Waals surface area (Å²) in [6.45, 7) is 5.17. The Balaban J connectivity index is 2.54. The summed E-state index contributed by atoms with van der Waals surface area (Å²) < 4.78 is 6.40. The lowest BCUT2D eigenvalue weighted by Gasteiger charge is -2.22. The van der Waals surface area contributed by atoms with Gasteiger partial charge in [0.05, 0.1) is 5.41 Å². The van der Waals surface area contributed by atoms with Crippen LogP contribution < -0.4 is 15.8 Å². The third-order valence-electron chi connectivity index (χ3n) is 2.85. The molecule has 0 aromatic heterocycles. The van der Waals surface area contributed by atoms with E-state index in [-0.39, 0.29) is 12.5 Å². The number of benzene rings is 1. The lowest BCUT2D eigenvalue weighted by atomic mass is 9.93. The predicted molar refractivity (Wildman–Crippen MR) is 80.2 cm³/mol. The normalized spacial score (nSPS) is 12.6. The van der Waals surface area contributed by atoms with Crippen molar-refractivity contribution >= 4 is 27.7 Å². The van der Waals surface area contributed by atoms with Gasteiger partial charge in [-0.3, -0.25) is 9.59 Å². The van der Waals surface area contributed by atoms with Crippen molar-refractivity contribution in [1.82, 2.24) is 5.32 Å². The van der Waals surface area contributed by atoms with Crippen LogP contribution in [0.3, 0.4) is 0 Å². The molecule has 0 fully saturated rings. The second-order valence-corrected chi connectivity index (χ2v) is 6.10. The van der Waals surface area contributed by atoms with Crippen molar-refractivity contribution < 1.29 is 14.3 Å². The van der Waals surface area contributed by atoms with E-state index < -0.39 is 17.4 Å². The Morgan fingerprint density at radius 2 is 2.10 bits per heavy atom. The number of nitrogens with two attached hydrogens (primary N) is 1. The highest BCUT2D eigenvalue weighted by atomic mass is 79.9. The summed E-state index contributed by atoms with van der Waals surface area (Å²) in [6.07, 6.45) is -0.659. The van der Waals surface area contributed by atoms with Crippen LogP contribution in [0.15, 0.2) is 28.7 Å². The Hall–Kier alpha value is -1.56. The smallest absolute Gasteiger partial charge is 0.260 e. The molecule has 0 aliphatic rings. The van der Waals surface area contributed by atoms with Gasteiger partial charge in [0.15, 0.2) is 6.10 Å². The molecule has 0 heterocycles. The molecule has 6 heteroatoms. The summed E-state index contributed by atoms with van der Waals surface area (Å²) >= 11 is 3.33.